The van der Waals surface area contributed by atoms with Crippen LogP contribution in [0.25, 0.3) is 21.9 Å². The maximum Gasteiger partial charge on any atom is 0.290 e. The molecule has 0 aliphatic rings. The van der Waals surface area contributed by atoms with E-state index in [1.807, 2.05) is 73.1 Å². The van der Waals surface area contributed by atoms with Gasteiger partial charge in [-0.3, -0.25) is 4.79 Å². The Balaban J connectivity index is 1.69. The molecule has 4 aromatic rings. The van der Waals surface area contributed by atoms with Gasteiger partial charge >= 0.3 is 0 Å². The van der Waals surface area contributed by atoms with Gasteiger partial charge in [0.25, 0.3) is 5.91 Å². The van der Waals surface area contributed by atoms with Crippen molar-refractivity contribution in [2.45, 2.75) is 20.4 Å². The highest BCUT2D eigenvalue weighted by Gasteiger charge is 2.16. The van der Waals surface area contributed by atoms with Crippen LogP contribution in [0.1, 0.15) is 11.1 Å². The van der Waals surface area contributed by atoms with Crippen LogP contribution in [0.15, 0.2) is 85.2 Å². The van der Waals surface area contributed by atoms with E-state index in [0.717, 1.165) is 33.3 Å². The average molecular weight is 367 g/mol. The summed E-state index contributed by atoms with van der Waals surface area (Å²) in [6, 6.07) is 24.6. The molecule has 0 fully saturated rings. The van der Waals surface area contributed by atoms with Gasteiger partial charge < -0.3 is 5.32 Å². The number of hydrogen-bond acceptors (Lipinski definition) is 1. The zero-order chi connectivity index (χ0) is 19.5. The summed E-state index contributed by atoms with van der Waals surface area (Å²) in [6.07, 6.45) is 4.09. The van der Waals surface area contributed by atoms with Crippen LogP contribution in [-0.4, -0.2) is 5.91 Å². The molecule has 3 aromatic carbocycles. The monoisotopic (exact) mass is 367 g/mol. The van der Waals surface area contributed by atoms with Gasteiger partial charge in [0.15, 0.2) is 12.4 Å². The summed E-state index contributed by atoms with van der Waals surface area (Å²) in [5, 5.41) is 5.37. The van der Waals surface area contributed by atoms with E-state index in [1.54, 1.807) is 0 Å². The Bertz CT molecular complexity index is 1130. The third-order valence-corrected chi connectivity index (χ3v) is 5.01. The molecule has 0 atom stereocenters. The van der Waals surface area contributed by atoms with Crippen molar-refractivity contribution in [3.05, 3.63) is 96.3 Å². The third-order valence-electron chi connectivity index (χ3n) is 5.01. The fourth-order valence-corrected chi connectivity index (χ4v) is 3.60. The molecular weight excluding hydrogens is 344 g/mol. The standard InChI is InChI=1S/C25H22N2O/c1-18-9-8-10-19(2)25(18)26-24(28)17-27-15-21-13-6-7-14-22(21)23(16-27)20-11-4-3-5-12-20/h3-16H,17H2,1-2H3/p+1. The van der Waals surface area contributed by atoms with Crippen molar-refractivity contribution in [3.63, 3.8) is 0 Å². The van der Waals surface area contributed by atoms with E-state index >= 15 is 0 Å². The van der Waals surface area contributed by atoms with Gasteiger partial charge in [-0.1, -0.05) is 66.7 Å². The largest absolute Gasteiger partial charge is 0.320 e. The Morgan fingerprint density at radius 2 is 1.50 bits per heavy atom. The highest BCUT2D eigenvalue weighted by Crippen LogP contribution is 2.26. The highest BCUT2D eigenvalue weighted by molar-refractivity contribution is 5.95. The first kappa shape index (κ1) is 17.9. The van der Waals surface area contributed by atoms with Gasteiger partial charge in [0.05, 0.1) is 5.56 Å². The molecule has 4 rings (SSSR count). The average Bonchev–Trinajstić information content (AvgIpc) is 2.71. The summed E-state index contributed by atoms with van der Waals surface area (Å²) >= 11 is 0. The molecule has 3 heteroatoms. The number of anilines is 1. The van der Waals surface area contributed by atoms with Crippen LogP contribution in [0.2, 0.25) is 0 Å². The number of nitrogens with zero attached hydrogens (tertiary/aromatic N) is 1. The Morgan fingerprint density at radius 3 is 2.25 bits per heavy atom. The molecule has 0 spiro atoms. The Kier molecular flexibility index (Phi) is 4.90. The van der Waals surface area contributed by atoms with Crippen LogP contribution in [-0.2, 0) is 11.3 Å². The van der Waals surface area contributed by atoms with Gasteiger partial charge in [0.2, 0.25) is 6.54 Å². The van der Waals surface area contributed by atoms with Gasteiger partial charge in [0, 0.05) is 16.5 Å². The van der Waals surface area contributed by atoms with Crippen molar-refractivity contribution >= 4 is 22.4 Å². The second-order valence-electron chi connectivity index (χ2n) is 7.11. The van der Waals surface area contributed by atoms with Crippen molar-refractivity contribution in [2.24, 2.45) is 0 Å². The van der Waals surface area contributed by atoms with Gasteiger partial charge in [-0.05, 0) is 36.6 Å². The first-order chi connectivity index (χ1) is 13.6. The van der Waals surface area contributed by atoms with Gasteiger partial charge in [-0.2, -0.15) is 4.57 Å². The van der Waals surface area contributed by atoms with E-state index in [1.165, 1.54) is 5.39 Å². The fraction of sp³-hybridized carbons (Fsp3) is 0.120. The molecule has 1 N–H and O–H groups in total. The smallest absolute Gasteiger partial charge is 0.290 e. The fourth-order valence-electron chi connectivity index (χ4n) is 3.60. The minimum atomic E-state index is -0.0308. The van der Waals surface area contributed by atoms with Crippen molar-refractivity contribution in [1.29, 1.82) is 0 Å². The molecular formula is C25H23N2O+. The number of benzene rings is 3. The predicted octanol–water partition coefficient (Wildman–Crippen LogP) is 5.05. The number of aryl methyl sites for hydroxylation is 2. The highest BCUT2D eigenvalue weighted by atomic mass is 16.1. The molecule has 1 aromatic heterocycles. The summed E-state index contributed by atoms with van der Waals surface area (Å²) in [6.45, 7) is 4.29. The zero-order valence-corrected chi connectivity index (χ0v) is 16.1. The molecule has 0 aliphatic heterocycles. The van der Waals surface area contributed by atoms with Crippen molar-refractivity contribution < 1.29 is 9.36 Å². The maximum absolute atomic E-state index is 12.7. The SMILES string of the molecule is Cc1cccc(C)c1NC(=O)C[n+]1cc(-c2ccccc2)c2ccccc2c1. The summed E-state index contributed by atoms with van der Waals surface area (Å²) in [5.74, 6) is -0.0308. The summed E-state index contributed by atoms with van der Waals surface area (Å²) in [4.78, 5) is 12.7. The Labute approximate surface area is 165 Å². The number of aromatic nitrogens is 1. The number of fused-ring (bicyclic) bond motifs is 1. The van der Waals surface area contributed by atoms with E-state index in [9.17, 15) is 4.79 Å². The Morgan fingerprint density at radius 1 is 0.821 bits per heavy atom. The molecule has 0 aliphatic carbocycles. The van der Waals surface area contributed by atoms with Gasteiger partial charge in [-0.25, -0.2) is 0 Å². The lowest BCUT2D eigenvalue weighted by Gasteiger charge is -2.11. The van der Waals surface area contributed by atoms with Crippen LogP contribution in [0.5, 0.6) is 0 Å². The first-order valence-electron chi connectivity index (χ1n) is 9.45. The lowest BCUT2D eigenvalue weighted by atomic mass is 10.0. The van der Waals surface area contributed by atoms with Crippen LogP contribution < -0.4 is 9.88 Å². The van der Waals surface area contributed by atoms with Crippen LogP contribution in [0.3, 0.4) is 0 Å². The molecule has 138 valence electrons. The molecule has 1 heterocycles. The summed E-state index contributed by atoms with van der Waals surface area (Å²) in [7, 11) is 0. The quantitative estimate of drug-likeness (QED) is 0.503. The van der Waals surface area contributed by atoms with E-state index in [0.29, 0.717) is 0 Å². The Hall–Kier alpha value is -3.46. The van der Waals surface area contributed by atoms with Crippen LogP contribution in [0.4, 0.5) is 5.69 Å². The molecule has 0 saturated carbocycles. The topological polar surface area (TPSA) is 33.0 Å². The molecule has 1 amide bonds. The number of pyridine rings is 1. The number of carbonyl (C=O) groups excluding carboxylic acids is 1. The van der Waals surface area contributed by atoms with Gasteiger partial charge in [-0.15, -0.1) is 0 Å². The van der Waals surface area contributed by atoms with E-state index in [4.69, 9.17) is 0 Å². The maximum atomic E-state index is 12.7. The minimum absolute atomic E-state index is 0.0308. The minimum Gasteiger partial charge on any atom is -0.320 e. The number of carbonyl (C=O) groups is 1. The van der Waals surface area contributed by atoms with Crippen molar-refractivity contribution in [2.75, 3.05) is 5.32 Å². The third kappa shape index (κ3) is 3.65. The molecule has 28 heavy (non-hydrogen) atoms. The van der Waals surface area contributed by atoms with E-state index in [2.05, 4.69) is 35.8 Å². The number of hydrogen-bond donors (Lipinski definition) is 1. The van der Waals surface area contributed by atoms with Gasteiger partial charge in [0.1, 0.15) is 0 Å². The number of rotatable bonds is 4. The second-order valence-corrected chi connectivity index (χ2v) is 7.11. The first-order valence-corrected chi connectivity index (χ1v) is 9.45. The van der Waals surface area contributed by atoms with Crippen LogP contribution >= 0.6 is 0 Å². The zero-order valence-electron chi connectivity index (χ0n) is 16.1. The predicted molar refractivity (Wildman–Crippen MR) is 114 cm³/mol. The molecule has 0 unspecified atom stereocenters. The number of nitrogens with one attached hydrogen (secondary N) is 1. The lowest BCUT2D eigenvalue weighted by molar-refractivity contribution is -0.682. The molecule has 3 nitrogen and oxygen atoms in total. The van der Waals surface area contributed by atoms with Crippen molar-refractivity contribution in [1.82, 2.24) is 0 Å². The van der Waals surface area contributed by atoms with E-state index < -0.39 is 0 Å². The number of para-hydroxylation sites is 1. The molecule has 0 radical (unpaired) electrons. The van der Waals surface area contributed by atoms with E-state index in [-0.39, 0.29) is 12.5 Å². The summed E-state index contributed by atoms with van der Waals surface area (Å²) in [5.41, 5.74) is 5.31. The number of amides is 1. The van der Waals surface area contributed by atoms with Crippen molar-refractivity contribution in [3.8, 4) is 11.1 Å². The lowest BCUT2D eigenvalue weighted by Crippen LogP contribution is -2.40. The van der Waals surface area contributed by atoms with Crippen LogP contribution in [0, 0.1) is 13.8 Å². The molecule has 0 saturated heterocycles. The normalized spacial score (nSPS) is 10.8. The molecule has 0 bridgehead atoms. The second kappa shape index (κ2) is 7.65. The summed E-state index contributed by atoms with van der Waals surface area (Å²) < 4.78 is 1.97.